The van der Waals surface area contributed by atoms with Gasteiger partial charge < -0.3 is 9.64 Å². The van der Waals surface area contributed by atoms with Gasteiger partial charge in [0.2, 0.25) is 0 Å². The van der Waals surface area contributed by atoms with Crippen LogP contribution in [0.15, 0.2) is 60.9 Å². The first kappa shape index (κ1) is 18.0. The Bertz CT molecular complexity index is 1070. The maximum Gasteiger partial charge on any atom is 0.426 e. The first-order chi connectivity index (χ1) is 13.0. The number of imidazole rings is 1. The number of benzene rings is 3. The Balaban J connectivity index is 1.83. The Labute approximate surface area is 168 Å². The number of aryl methyl sites for hydroxylation is 2. The summed E-state index contributed by atoms with van der Waals surface area (Å²) in [6.07, 6.45) is 1.66. The molecule has 0 spiro atoms. The second-order valence-electron chi connectivity index (χ2n) is 6.57. The molecular weight excluding hydrogens is 378 g/mol. The minimum atomic E-state index is -0.358. The summed E-state index contributed by atoms with van der Waals surface area (Å²) in [4.78, 5) is 7.50. The van der Waals surface area contributed by atoms with Gasteiger partial charge in [0.25, 0.3) is 0 Å². The van der Waals surface area contributed by atoms with Crippen molar-refractivity contribution in [1.82, 2.24) is 9.97 Å². The van der Waals surface area contributed by atoms with Gasteiger partial charge in [0.15, 0.2) is 0 Å². The lowest BCUT2D eigenvalue weighted by molar-refractivity contribution is 0.597. The van der Waals surface area contributed by atoms with Gasteiger partial charge in [0.05, 0.1) is 11.8 Å². The minimum absolute atomic E-state index is 0.358. The highest BCUT2D eigenvalue weighted by Gasteiger charge is 2.26. The van der Waals surface area contributed by atoms with E-state index >= 15 is 0 Å². The second-order valence-corrected chi connectivity index (χ2v) is 7.38. The number of halogens is 2. The predicted octanol–water partition coefficient (Wildman–Crippen LogP) is 4.67. The van der Waals surface area contributed by atoms with Gasteiger partial charge >= 0.3 is 6.92 Å². The Morgan fingerprint density at radius 1 is 0.889 bits per heavy atom. The van der Waals surface area contributed by atoms with Crippen LogP contribution in [0.3, 0.4) is 0 Å². The molecule has 27 heavy (non-hydrogen) atoms. The number of fused-ring (bicyclic) bond motifs is 1. The molecule has 0 amide bonds. The van der Waals surface area contributed by atoms with Gasteiger partial charge in [-0.05, 0) is 60.2 Å². The van der Waals surface area contributed by atoms with E-state index in [4.69, 9.17) is 27.9 Å². The summed E-state index contributed by atoms with van der Waals surface area (Å²) in [5.41, 5.74) is 5.68. The van der Waals surface area contributed by atoms with Crippen LogP contribution in [0.5, 0.6) is 5.75 Å². The molecule has 0 saturated carbocycles. The van der Waals surface area contributed by atoms with E-state index < -0.39 is 0 Å². The topological polar surface area (TPSA) is 37.9 Å². The van der Waals surface area contributed by atoms with Gasteiger partial charge in [-0.3, -0.25) is 0 Å². The molecule has 0 unspecified atom stereocenters. The Hall–Kier alpha value is -2.43. The van der Waals surface area contributed by atoms with Gasteiger partial charge in [-0.2, -0.15) is 0 Å². The van der Waals surface area contributed by atoms with Gasteiger partial charge in [-0.15, -0.1) is 0 Å². The van der Waals surface area contributed by atoms with E-state index in [-0.39, 0.29) is 6.92 Å². The molecule has 0 aliphatic rings. The van der Waals surface area contributed by atoms with Crippen LogP contribution in [-0.2, 0) is 0 Å². The van der Waals surface area contributed by atoms with Crippen molar-refractivity contribution in [2.45, 2.75) is 13.8 Å². The number of aromatic amines is 1. The van der Waals surface area contributed by atoms with Crippen LogP contribution in [0, 0.1) is 13.8 Å². The largest absolute Gasteiger partial charge is 0.550 e. The first-order valence-electron chi connectivity index (χ1n) is 8.64. The fourth-order valence-electron chi connectivity index (χ4n) is 3.03. The number of para-hydroxylation sites is 1. The molecule has 3 nitrogen and oxygen atoms in total. The third-order valence-electron chi connectivity index (χ3n) is 4.65. The molecule has 6 heteroatoms. The summed E-state index contributed by atoms with van der Waals surface area (Å²) in [7, 11) is 0. The predicted molar refractivity (Wildman–Crippen MR) is 114 cm³/mol. The van der Waals surface area contributed by atoms with Crippen molar-refractivity contribution < 1.29 is 4.65 Å². The zero-order chi connectivity index (χ0) is 19.0. The summed E-state index contributed by atoms with van der Waals surface area (Å²) in [5.74, 6) is 0.701. The molecule has 4 aromatic rings. The molecule has 0 aliphatic heterocycles. The maximum absolute atomic E-state index is 6.45. The molecule has 1 N–H and O–H groups in total. The van der Waals surface area contributed by atoms with Gasteiger partial charge in [0.1, 0.15) is 11.3 Å². The molecule has 0 fully saturated rings. The highest BCUT2D eigenvalue weighted by Crippen LogP contribution is 2.23. The van der Waals surface area contributed by atoms with E-state index in [1.54, 1.807) is 6.33 Å². The molecule has 3 aromatic carbocycles. The third kappa shape index (κ3) is 3.55. The Morgan fingerprint density at radius 2 is 1.52 bits per heavy atom. The van der Waals surface area contributed by atoms with Gasteiger partial charge in [-0.1, -0.05) is 53.5 Å². The maximum atomic E-state index is 6.45. The molecule has 0 aliphatic carbocycles. The number of nitrogens with one attached hydrogen (secondary N) is 1. The average Bonchev–Trinajstić information content (AvgIpc) is 3.14. The highest BCUT2D eigenvalue weighted by atomic mass is 35.5. The van der Waals surface area contributed by atoms with E-state index in [9.17, 15) is 0 Å². The summed E-state index contributed by atoms with van der Waals surface area (Å²) >= 11 is 12.8. The quantitative estimate of drug-likeness (QED) is 0.510. The molecule has 0 saturated heterocycles. The normalized spacial score (nSPS) is 11.0. The summed E-state index contributed by atoms with van der Waals surface area (Å²) in [6, 6.07) is 17.8. The second kappa shape index (κ2) is 7.30. The van der Waals surface area contributed by atoms with E-state index in [0.717, 1.165) is 33.1 Å². The van der Waals surface area contributed by atoms with E-state index in [2.05, 4.69) is 9.97 Å². The number of rotatable bonds is 4. The molecule has 0 atom stereocenters. The van der Waals surface area contributed by atoms with Crippen LogP contribution in [0.1, 0.15) is 11.1 Å². The zero-order valence-electron chi connectivity index (χ0n) is 15.0. The summed E-state index contributed by atoms with van der Waals surface area (Å²) in [5, 5.41) is 1.41. The lowest BCUT2D eigenvalue weighted by Gasteiger charge is -2.18. The third-order valence-corrected chi connectivity index (χ3v) is 5.47. The smallest absolute Gasteiger partial charge is 0.426 e. The van der Waals surface area contributed by atoms with Crippen molar-refractivity contribution >= 4 is 52.1 Å². The standard InChI is InChI=1S/C21H17BCl2N2O/c1-13-6-8-15(10-17(13)23)22(16-9-7-14(2)18(24)11-16)27-20-5-3-4-19-21(20)26-12-25-19/h3-12H,1-2H3,(H,25,26). The monoisotopic (exact) mass is 394 g/mol. The number of aromatic nitrogens is 2. The lowest BCUT2D eigenvalue weighted by atomic mass is 9.55. The van der Waals surface area contributed by atoms with Crippen LogP contribution < -0.4 is 15.6 Å². The number of nitrogens with zero attached hydrogens (tertiary/aromatic N) is 1. The Morgan fingerprint density at radius 3 is 2.11 bits per heavy atom. The number of hydrogen-bond acceptors (Lipinski definition) is 2. The van der Waals surface area contributed by atoms with E-state index in [1.165, 1.54) is 0 Å². The minimum Gasteiger partial charge on any atom is -0.550 e. The van der Waals surface area contributed by atoms with Crippen molar-refractivity contribution in [2.75, 3.05) is 0 Å². The molecular formula is C21H17BCl2N2O. The van der Waals surface area contributed by atoms with Crippen molar-refractivity contribution in [3.05, 3.63) is 82.1 Å². The molecule has 1 aromatic heterocycles. The molecule has 1 heterocycles. The van der Waals surface area contributed by atoms with E-state index in [0.29, 0.717) is 15.8 Å². The van der Waals surface area contributed by atoms with Crippen LogP contribution in [0.4, 0.5) is 0 Å². The highest BCUT2D eigenvalue weighted by molar-refractivity contribution is 6.81. The van der Waals surface area contributed by atoms with Crippen molar-refractivity contribution in [3.63, 3.8) is 0 Å². The average molecular weight is 395 g/mol. The lowest BCUT2D eigenvalue weighted by Crippen LogP contribution is -2.47. The summed E-state index contributed by atoms with van der Waals surface area (Å²) < 4.78 is 6.45. The molecule has 0 radical (unpaired) electrons. The summed E-state index contributed by atoms with van der Waals surface area (Å²) in [6.45, 7) is 3.60. The molecule has 134 valence electrons. The number of hydrogen-bond donors (Lipinski definition) is 1. The fourth-order valence-corrected chi connectivity index (χ4v) is 3.41. The van der Waals surface area contributed by atoms with Crippen molar-refractivity contribution in [1.29, 1.82) is 0 Å². The van der Waals surface area contributed by atoms with Crippen LogP contribution in [0.25, 0.3) is 11.0 Å². The SMILES string of the molecule is Cc1ccc(B(Oc2cccc3[nH]cnc23)c2ccc(C)c(Cl)c2)cc1Cl. The van der Waals surface area contributed by atoms with Gasteiger partial charge in [0, 0.05) is 10.0 Å². The Kier molecular flexibility index (Phi) is 4.85. The molecule has 0 bridgehead atoms. The van der Waals surface area contributed by atoms with Crippen molar-refractivity contribution in [3.8, 4) is 5.75 Å². The van der Waals surface area contributed by atoms with Gasteiger partial charge in [-0.25, -0.2) is 4.98 Å². The first-order valence-corrected chi connectivity index (χ1v) is 9.39. The fraction of sp³-hybridized carbons (Fsp3) is 0.0952. The van der Waals surface area contributed by atoms with Crippen LogP contribution >= 0.6 is 23.2 Å². The number of H-pyrrole nitrogens is 1. The zero-order valence-corrected chi connectivity index (χ0v) is 16.5. The van der Waals surface area contributed by atoms with E-state index in [1.807, 2.05) is 68.4 Å². The van der Waals surface area contributed by atoms with Crippen LogP contribution in [-0.4, -0.2) is 16.9 Å². The van der Waals surface area contributed by atoms with Crippen LogP contribution in [0.2, 0.25) is 10.0 Å². The molecule has 4 rings (SSSR count). The van der Waals surface area contributed by atoms with Crippen molar-refractivity contribution in [2.24, 2.45) is 0 Å².